The van der Waals surface area contributed by atoms with Crippen LogP contribution in [-0.2, 0) is 4.79 Å². The Balaban J connectivity index is 1.83. The minimum Gasteiger partial charge on any atom is -0.508 e. The molecule has 2 heterocycles. The van der Waals surface area contributed by atoms with Crippen LogP contribution in [0.15, 0.2) is 53.6 Å². The van der Waals surface area contributed by atoms with Crippen LogP contribution >= 0.6 is 0 Å². The average Bonchev–Trinajstić information content (AvgIpc) is 2.55. The second-order valence-corrected chi connectivity index (χ2v) is 5.54. The summed E-state index contributed by atoms with van der Waals surface area (Å²) in [4.78, 5) is 12.4. The molecule has 1 unspecified atom stereocenters. The van der Waals surface area contributed by atoms with E-state index in [1.54, 1.807) is 12.1 Å². The quantitative estimate of drug-likeness (QED) is 0.794. The first-order valence-electron chi connectivity index (χ1n) is 7.26. The number of hydrazone groups is 1. The van der Waals surface area contributed by atoms with Gasteiger partial charge in [0.05, 0.1) is 11.4 Å². The van der Waals surface area contributed by atoms with Gasteiger partial charge in [-0.25, -0.2) is 5.01 Å². The number of anilines is 2. The number of phenolic OH excluding ortho intramolecular Hbond substituents is 1. The highest BCUT2D eigenvalue weighted by Gasteiger charge is 2.34. The molecular formula is C17H15N3O2. The molecule has 0 spiro atoms. The lowest BCUT2D eigenvalue weighted by Crippen LogP contribution is -2.42. The number of carbonyl (C=O) groups excluding carboxylic acids is 1. The van der Waals surface area contributed by atoms with Crippen LogP contribution in [0.2, 0.25) is 0 Å². The summed E-state index contributed by atoms with van der Waals surface area (Å²) < 4.78 is 0. The fourth-order valence-corrected chi connectivity index (χ4v) is 2.98. The van der Waals surface area contributed by atoms with E-state index in [4.69, 9.17) is 0 Å². The number of nitrogens with zero attached hydrogens (tertiary/aromatic N) is 2. The summed E-state index contributed by atoms with van der Waals surface area (Å²) in [6.07, 6.45) is 0.413. The number of hydrogen-bond donors (Lipinski definition) is 2. The molecule has 110 valence electrons. The Morgan fingerprint density at radius 1 is 1.18 bits per heavy atom. The highest BCUT2D eigenvalue weighted by Crippen LogP contribution is 2.33. The van der Waals surface area contributed by atoms with Crippen molar-refractivity contribution in [2.24, 2.45) is 11.0 Å². The number of rotatable bonds is 1. The second kappa shape index (κ2) is 4.87. The van der Waals surface area contributed by atoms with Crippen LogP contribution < -0.4 is 10.3 Å². The first-order chi connectivity index (χ1) is 10.7. The summed E-state index contributed by atoms with van der Waals surface area (Å²) in [6.45, 7) is 0.685. The fraction of sp³-hybridized carbons (Fsp3) is 0.176. The Morgan fingerprint density at radius 2 is 2.00 bits per heavy atom. The van der Waals surface area contributed by atoms with Gasteiger partial charge in [0.1, 0.15) is 5.75 Å². The summed E-state index contributed by atoms with van der Waals surface area (Å²) in [5, 5.41) is 19.1. The molecule has 2 aromatic rings. The summed E-state index contributed by atoms with van der Waals surface area (Å²) >= 11 is 0. The van der Waals surface area contributed by atoms with E-state index in [2.05, 4.69) is 10.4 Å². The standard InChI is InChI=1S/C17H15N3O2/c21-13-6-7-15-14(9-13)17-11(10-18-15)8-16(22)20(19-17)12-4-2-1-3-5-12/h1-7,9,11,18,21H,8,10H2. The molecule has 0 saturated carbocycles. The van der Waals surface area contributed by atoms with E-state index in [0.717, 1.165) is 22.6 Å². The molecule has 5 nitrogen and oxygen atoms in total. The number of carbonyl (C=O) groups is 1. The first kappa shape index (κ1) is 12.9. The molecule has 2 aliphatic heterocycles. The van der Waals surface area contributed by atoms with Crippen molar-refractivity contribution in [2.75, 3.05) is 16.9 Å². The van der Waals surface area contributed by atoms with E-state index < -0.39 is 0 Å². The molecule has 2 aliphatic rings. The Labute approximate surface area is 127 Å². The third-order valence-electron chi connectivity index (χ3n) is 4.07. The smallest absolute Gasteiger partial charge is 0.248 e. The number of nitrogens with one attached hydrogen (secondary N) is 1. The number of para-hydroxylation sites is 1. The van der Waals surface area contributed by atoms with Gasteiger partial charge < -0.3 is 10.4 Å². The van der Waals surface area contributed by atoms with Crippen molar-refractivity contribution in [3.8, 4) is 5.75 Å². The monoisotopic (exact) mass is 293 g/mol. The van der Waals surface area contributed by atoms with Crippen LogP contribution in [0.25, 0.3) is 0 Å². The molecule has 0 saturated heterocycles. The van der Waals surface area contributed by atoms with Gasteiger partial charge in [0.2, 0.25) is 5.91 Å². The number of fused-ring (bicyclic) bond motifs is 3. The third kappa shape index (κ3) is 2.02. The number of amides is 1. The van der Waals surface area contributed by atoms with Crippen molar-refractivity contribution < 1.29 is 9.90 Å². The van der Waals surface area contributed by atoms with Gasteiger partial charge in [-0.3, -0.25) is 4.79 Å². The molecule has 0 fully saturated rings. The predicted molar refractivity (Wildman–Crippen MR) is 85.2 cm³/mol. The lowest BCUT2D eigenvalue weighted by atomic mass is 9.87. The Kier molecular flexibility index (Phi) is 2.85. The molecule has 2 N–H and O–H groups in total. The van der Waals surface area contributed by atoms with E-state index in [9.17, 15) is 9.90 Å². The summed E-state index contributed by atoms with van der Waals surface area (Å²) in [7, 11) is 0. The topological polar surface area (TPSA) is 64.9 Å². The molecule has 0 aliphatic carbocycles. The fourth-order valence-electron chi connectivity index (χ4n) is 2.98. The normalized spacial score (nSPS) is 19.8. The minimum absolute atomic E-state index is 0.00893. The van der Waals surface area contributed by atoms with Crippen LogP contribution in [0.5, 0.6) is 5.75 Å². The van der Waals surface area contributed by atoms with E-state index in [1.165, 1.54) is 5.01 Å². The Hall–Kier alpha value is -2.82. The number of hydrogen-bond acceptors (Lipinski definition) is 4. The SMILES string of the molecule is O=C1CC2CNc3ccc(O)cc3C2=NN1c1ccccc1. The highest BCUT2D eigenvalue weighted by atomic mass is 16.3. The van der Waals surface area contributed by atoms with Crippen LogP contribution in [0.3, 0.4) is 0 Å². The molecule has 2 aromatic carbocycles. The van der Waals surface area contributed by atoms with Crippen molar-refractivity contribution in [1.29, 1.82) is 0 Å². The molecule has 22 heavy (non-hydrogen) atoms. The Morgan fingerprint density at radius 3 is 2.82 bits per heavy atom. The maximum absolute atomic E-state index is 12.4. The molecule has 5 heteroatoms. The maximum Gasteiger partial charge on any atom is 0.248 e. The summed E-state index contributed by atoms with van der Waals surface area (Å²) in [5.41, 5.74) is 3.42. The van der Waals surface area contributed by atoms with Gasteiger partial charge in [0.25, 0.3) is 0 Å². The van der Waals surface area contributed by atoms with Gasteiger partial charge in [-0.1, -0.05) is 18.2 Å². The number of benzene rings is 2. The lowest BCUT2D eigenvalue weighted by Gasteiger charge is -2.34. The van der Waals surface area contributed by atoms with Crippen molar-refractivity contribution >= 4 is 23.0 Å². The second-order valence-electron chi connectivity index (χ2n) is 5.54. The zero-order chi connectivity index (χ0) is 15.1. The van der Waals surface area contributed by atoms with Crippen LogP contribution in [0.1, 0.15) is 12.0 Å². The minimum atomic E-state index is -0.00893. The average molecular weight is 293 g/mol. The van der Waals surface area contributed by atoms with E-state index in [-0.39, 0.29) is 17.6 Å². The molecule has 1 atom stereocenters. The molecule has 0 radical (unpaired) electrons. The Bertz CT molecular complexity index is 771. The van der Waals surface area contributed by atoms with Gasteiger partial charge in [0.15, 0.2) is 0 Å². The van der Waals surface area contributed by atoms with Crippen molar-refractivity contribution in [3.63, 3.8) is 0 Å². The van der Waals surface area contributed by atoms with Crippen molar-refractivity contribution in [2.45, 2.75) is 6.42 Å². The highest BCUT2D eigenvalue weighted by molar-refractivity contribution is 6.14. The van der Waals surface area contributed by atoms with Crippen LogP contribution in [-0.4, -0.2) is 23.3 Å². The van der Waals surface area contributed by atoms with Gasteiger partial charge >= 0.3 is 0 Å². The molecular weight excluding hydrogens is 278 g/mol. The van der Waals surface area contributed by atoms with Crippen molar-refractivity contribution in [3.05, 3.63) is 54.1 Å². The van der Waals surface area contributed by atoms with Gasteiger partial charge in [-0.15, -0.1) is 0 Å². The number of aromatic hydroxyl groups is 1. The molecule has 0 aromatic heterocycles. The van der Waals surface area contributed by atoms with Gasteiger partial charge in [-0.2, -0.15) is 5.10 Å². The summed E-state index contributed by atoms with van der Waals surface area (Å²) in [6, 6.07) is 14.6. The van der Waals surface area contributed by atoms with E-state index in [0.29, 0.717) is 13.0 Å². The van der Waals surface area contributed by atoms with Gasteiger partial charge in [0, 0.05) is 30.1 Å². The van der Waals surface area contributed by atoms with Crippen molar-refractivity contribution in [1.82, 2.24) is 0 Å². The summed E-state index contributed by atoms with van der Waals surface area (Å²) in [5.74, 6) is 0.235. The lowest BCUT2D eigenvalue weighted by molar-refractivity contribution is -0.119. The third-order valence-corrected chi connectivity index (χ3v) is 4.07. The number of phenols is 1. The zero-order valence-electron chi connectivity index (χ0n) is 11.9. The first-order valence-corrected chi connectivity index (χ1v) is 7.26. The van der Waals surface area contributed by atoms with Crippen LogP contribution in [0, 0.1) is 5.92 Å². The molecule has 0 bridgehead atoms. The molecule has 1 amide bonds. The maximum atomic E-state index is 12.4. The van der Waals surface area contributed by atoms with E-state index >= 15 is 0 Å². The molecule has 4 rings (SSSR count). The van der Waals surface area contributed by atoms with Gasteiger partial charge in [-0.05, 0) is 30.3 Å². The van der Waals surface area contributed by atoms with Crippen LogP contribution in [0.4, 0.5) is 11.4 Å². The predicted octanol–water partition coefficient (Wildman–Crippen LogP) is 2.57. The van der Waals surface area contributed by atoms with E-state index in [1.807, 2.05) is 36.4 Å². The zero-order valence-corrected chi connectivity index (χ0v) is 11.9. The largest absolute Gasteiger partial charge is 0.508 e.